The molecular weight excluding hydrogens is 276 g/mol. The lowest BCUT2D eigenvalue weighted by Gasteiger charge is -2.32. The van der Waals surface area contributed by atoms with Crippen molar-refractivity contribution in [2.45, 2.75) is 19.4 Å². The highest BCUT2D eigenvalue weighted by atomic mass is 16.5. The third kappa shape index (κ3) is 3.11. The summed E-state index contributed by atoms with van der Waals surface area (Å²) in [4.78, 5) is 13.9. The Balaban J connectivity index is 2.36. The molecule has 0 amide bonds. The zero-order chi connectivity index (χ0) is 15.4. The van der Waals surface area contributed by atoms with Crippen molar-refractivity contribution in [3.63, 3.8) is 0 Å². The van der Waals surface area contributed by atoms with Crippen molar-refractivity contribution in [2.24, 2.45) is 5.92 Å². The van der Waals surface area contributed by atoms with E-state index in [-0.39, 0.29) is 37.1 Å². The van der Waals surface area contributed by atoms with E-state index in [2.05, 4.69) is 5.10 Å². The Morgan fingerprint density at radius 1 is 1.52 bits per heavy atom. The van der Waals surface area contributed by atoms with Crippen LogP contribution in [0.1, 0.15) is 23.2 Å². The Hall–Kier alpha value is -1.80. The summed E-state index contributed by atoms with van der Waals surface area (Å²) >= 11 is 0. The van der Waals surface area contributed by atoms with Crippen LogP contribution in [-0.4, -0.2) is 59.4 Å². The van der Waals surface area contributed by atoms with E-state index in [1.54, 1.807) is 0 Å². The maximum absolute atomic E-state index is 12.0. The fourth-order valence-corrected chi connectivity index (χ4v) is 2.65. The smallest absolute Gasteiger partial charge is 0.345 e. The van der Waals surface area contributed by atoms with Crippen LogP contribution in [0.5, 0.6) is 0 Å². The molecule has 0 bridgehead atoms. The molecule has 1 aromatic heterocycles. The summed E-state index contributed by atoms with van der Waals surface area (Å²) in [6, 6.07) is 0. The van der Waals surface area contributed by atoms with Gasteiger partial charge in [-0.1, -0.05) is 0 Å². The number of ether oxygens (including phenoxy) is 1. The predicted octanol–water partition coefficient (Wildman–Crippen LogP) is -0.547. The number of hydrogen-bond acceptors (Lipinski definition) is 7. The van der Waals surface area contributed by atoms with Crippen LogP contribution in [0.2, 0.25) is 0 Å². The number of nitrogens with zero attached hydrogens (tertiary/aromatic N) is 3. The highest BCUT2D eigenvalue weighted by Gasteiger charge is 2.29. The minimum Gasteiger partial charge on any atom is -0.465 e. The number of methoxy groups -OCH3 is 1. The second-order valence-corrected chi connectivity index (χ2v) is 5.16. The van der Waals surface area contributed by atoms with Gasteiger partial charge in [-0.3, -0.25) is 0 Å². The van der Waals surface area contributed by atoms with Crippen molar-refractivity contribution < 1.29 is 19.7 Å². The molecule has 8 nitrogen and oxygen atoms in total. The molecule has 2 heterocycles. The van der Waals surface area contributed by atoms with Crippen LogP contribution in [0.4, 0.5) is 11.6 Å². The Kier molecular flexibility index (Phi) is 5.03. The van der Waals surface area contributed by atoms with E-state index in [1.807, 2.05) is 4.90 Å². The average Bonchev–Trinajstić information content (AvgIpc) is 2.84. The molecule has 4 N–H and O–H groups in total. The van der Waals surface area contributed by atoms with E-state index in [0.717, 1.165) is 19.4 Å². The third-order valence-electron chi connectivity index (χ3n) is 3.75. The number of nitrogens with two attached hydrogens (primary N) is 1. The highest BCUT2D eigenvalue weighted by Crippen LogP contribution is 2.29. The number of anilines is 2. The van der Waals surface area contributed by atoms with Crippen LogP contribution in [0.15, 0.2) is 0 Å². The van der Waals surface area contributed by atoms with Crippen LogP contribution in [0.25, 0.3) is 0 Å². The van der Waals surface area contributed by atoms with Gasteiger partial charge < -0.3 is 25.6 Å². The lowest BCUT2D eigenvalue weighted by molar-refractivity contribution is 0.0602. The fraction of sp³-hybridized carbons (Fsp3) is 0.692. The van der Waals surface area contributed by atoms with Crippen molar-refractivity contribution in [3.05, 3.63) is 5.56 Å². The summed E-state index contributed by atoms with van der Waals surface area (Å²) in [5.74, 6) is 0.272. The number of nitrogen functional groups attached to an aromatic ring is 1. The molecule has 0 spiro atoms. The van der Waals surface area contributed by atoms with Gasteiger partial charge in [0.15, 0.2) is 5.82 Å². The summed E-state index contributed by atoms with van der Waals surface area (Å²) in [6.07, 6.45) is 1.87. The Morgan fingerprint density at radius 2 is 2.29 bits per heavy atom. The van der Waals surface area contributed by atoms with E-state index in [0.29, 0.717) is 12.4 Å². The molecule has 0 aliphatic carbocycles. The van der Waals surface area contributed by atoms with Gasteiger partial charge in [-0.25, -0.2) is 9.48 Å². The number of carbonyl (C=O) groups is 1. The molecule has 118 valence electrons. The highest BCUT2D eigenvalue weighted by molar-refractivity contribution is 5.99. The first-order valence-corrected chi connectivity index (χ1v) is 7.03. The normalized spacial score (nSPS) is 18.8. The quantitative estimate of drug-likeness (QED) is 0.625. The van der Waals surface area contributed by atoms with Crippen LogP contribution in [0.3, 0.4) is 0 Å². The first-order chi connectivity index (χ1) is 10.1. The SMILES string of the molecule is COC(=O)c1c(N2CCCC(CO)C2)nn(CCO)c1N. The minimum absolute atomic E-state index is 0.108. The molecule has 0 aromatic carbocycles. The number of rotatable bonds is 5. The van der Waals surface area contributed by atoms with E-state index in [4.69, 9.17) is 15.6 Å². The van der Waals surface area contributed by atoms with Gasteiger partial charge in [0.1, 0.15) is 11.4 Å². The zero-order valence-electron chi connectivity index (χ0n) is 12.2. The molecule has 1 unspecified atom stereocenters. The van der Waals surface area contributed by atoms with Crippen molar-refractivity contribution in [1.82, 2.24) is 9.78 Å². The average molecular weight is 298 g/mol. The summed E-state index contributed by atoms with van der Waals surface area (Å²) < 4.78 is 6.19. The first-order valence-electron chi connectivity index (χ1n) is 7.03. The monoisotopic (exact) mass is 298 g/mol. The Labute approximate surface area is 123 Å². The first kappa shape index (κ1) is 15.6. The number of hydrogen-bond donors (Lipinski definition) is 3. The van der Waals surface area contributed by atoms with E-state index in [1.165, 1.54) is 11.8 Å². The second kappa shape index (κ2) is 6.77. The summed E-state index contributed by atoms with van der Waals surface area (Å²) in [6.45, 7) is 1.57. The largest absolute Gasteiger partial charge is 0.465 e. The maximum Gasteiger partial charge on any atom is 0.345 e. The van der Waals surface area contributed by atoms with Crippen molar-refractivity contribution in [2.75, 3.05) is 44.0 Å². The predicted molar refractivity (Wildman–Crippen MR) is 77.1 cm³/mol. The molecule has 21 heavy (non-hydrogen) atoms. The number of piperidine rings is 1. The number of aromatic nitrogens is 2. The molecule has 0 saturated carbocycles. The summed E-state index contributed by atoms with van der Waals surface area (Å²) in [7, 11) is 1.29. The molecule has 1 aliphatic heterocycles. The third-order valence-corrected chi connectivity index (χ3v) is 3.75. The van der Waals surface area contributed by atoms with Crippen LogP contribution in [-0.2, 0) is 11.3 Å². The standard InChI is InChI=1S/C13H22N4O4/c1-21-13(20)10-11(14)17(5-6-18)15-12(10)16-4-2-3-9(7-16)8-19/h9,18-19H,2-8,14H2,1H3. The van der Waals surface area contributed by atoms with Gasteiger partial charge in [-0.2, -0.15) is 5.10 Å². The Bertz CT molecular complexity index is 503. The summed E-state index contributed by atoms with van der Waals surface area (Å²) in [5.41, 5.74) is 6.18. The maximum atomic E-state index is 12.0. The molecular formula is C13H22N4O4. The lowest BCUT2D eigenvalue weighted by Crippen LogP contribution is -2.38. The molecule has 1 aromatic rings. The van der Waals surface area contributed by atoms with E-state index >= 15 is 0 Å². The van der Waals surface area contributed by atoms with Crippen molar-refractivity contribution in [3.8, 4) is 0 Å². The number of aliphatic hydroxyl groups excluding tert-OH is 2. The van der Waals surface area contributed by atoms with Crippen LogP contribution < -0.4 is 10.6 Å². The number of esters is 1. The van der Waals surface area contributed by atoms with Gasteiger partial charge in [0.2, 0.25) is 0 Å². The number of aliphatic hydroxyl groups is 2. The van der Waals surface area contributed by atoms with Gasteiger partial charge in [-0.15, -0.1) is 0 Å². The second-order valence-electron chi connectivity index (χ2n) is 5.16. The van der Waals surface area contributed by atoms with Crippen LogP contribution in [0, 0.1) is 5.92 Å². The van der Waals surface area contributed by atoms with Crippen molar-refractivity contribution >= 4 is 17.6 Å². The molecule has 1 saturated heterocycles. The lowest BCUT2D eigenvalue weighted by atomic mass is 9.99. The number of carbonyl (C=O) groups excluding carboxylic acids is 1. The molecule has 0 radical (unpaired) electrons. The Morgan fingerprint density at radius 3 is 2.90 bits per heavy atom. The molecule has 2 rings (SSSR count). The molecule has 1 atom stereocenters. The fourth-order valence-electron chi connectivity index (χ4n) is 2.65. The minimum atomic E-state index is -0.544. The van der Waals surface area contributed by atoms with Gasteiger partial charge >= 0.3 is 5.97 Å². The molecule has 1 fully saturated rings. The topological polar surface area (TPSA) is 114 Å². The van der Waals surface area contributed by atoms with E-state index < -0.39 is 5.97 Å². The van der Waals surface area contributed by atoms with Crippen LogP contribution >= 0.6 is 0 Å². The van der Waals surface area contributed by atoms with Gasteiger partial charge in [0.25, 0.3) is 0 Å². The molecule has 1 aliphatic rings. The summed E-state index contributed by atoms with van der Waals surface area (Å²) in [5, 5.41) is 22.7. The van der Waals surface area contributed by atoms with Gasteiger partial charge in [-0.05, 0) is 18.8 Å². The van der Waals surface area contributed by atoms with Crippen molar-refractivity contribution in [1.29, 1.82) is 0 Å². The van der Waals surface area contributed by atoms with Gasteiger partial charge in [0.05, 0.1) is 20.3 Å². The van der Waals surface area contributed by atoms with Gasteiger partial charge in [0, 0.05) is 19.7 Å². The molecule has 8 heteroatoms. The zero-order valence-corrected chi connectivity index (χ0v) is 12.2. The van der Waals surface area contributed by atoms with E-state index in [9.17, 15) is 9.90 Å².